The number of para-hydroxylation sites is 2. The maximum Gasteiger partial charge on any atom is 0.112 e. The maximum atomic E-state index is 9.83. The van der Waals surface area contributed by atoms with Crippen molar-refractivity contribution in [1.82, 2.24) is 14.9 Å². The lowest BCUT2D eigenvalue weighted by Gasteiger charge is -2.10. The van der Waals surface area contributed by atoms with Gasteiger partial charge in [-0.1, -0.05) is 12.1 Å². The molecular weight excluding hydrogens is 214 g/mol. The minimum atomic E-state index is -0.387. The summed E-state index contributed by atoms with van der Waals surface area (Å²) in [5.74, 6) is 0.955. The smallest absolute Gasteiger partial charge is 0.112 e. The highest BCUT2D eigenvalue weighted by Gasteiger charge is 2.12. The summed E-state index contributed by atoms with van der Waals surface area (Å²) in [6.45, 7) is 3.57. The van der Waals surface area contributed by atoms with Crippen LogP contribution < -0.4 is 5.32 Å². The van der Waals surface area contributed by atoms with E-state index in [1.165, 1.54) is 0 Å². The Morgan fingerprint density at radius 3 is 2.88 bits per heavy atom. The second-order valence-electron chi connectivity index (χ2n) is 4.18. The van der Waals surface area contributed by atoms with Crippen molar-refractivity contribution in [1.29, 1.82) is 0 Å². The van der Waals surface area contributed by atoms with Crippen LogP contribution in [0.15, 0.2) is 24.3 Å². The van der Waals surface area contributed by atoms with E-state index in [0.717, 1.165) is 23.4 Å². The molecule has 0 aliphatic carbocycles. The van der Waals surface area contributed by atoms with E-state index < -0.39 is 0 Å². The van der Waals surface area contributed by atoms with Crippen LogP contribution in [0.3, 0.4) is 0 Å². The summed E-state index contributed by atoms with van der Waals surface area (Å²) in [7, 11) is 1.84. The van der Waals surface area contributed by atoms with E-state index in [1.54, 1.807) is 0 Å². The molecule has 17 heavy (non-hydrogen) atoms. The van der Waals surface area contributed by atoms with Crippen LogP contribution in [-0.2, 0) is 13.0 Å². The Labute approximate surface area is 101 Å². The normalized spacial score (nSPS) is 13.1. The number of hydrogen-bond donors (Lipinski definition) is 2. The summed E-state index contributed by atoms with van der Waals surface area (Å²) in [6, 6.07) is 8.09. The zero-order valence-corrected chi connectivity index (χ0v) is 10.3. The molecule has 0 bridgehead atoms. The average Bonchev–Trinajstić information content (AvgIpc) is 2.66. The van der Waals surface area contributed by atoms with E-state index in [-0.39, 0.29) is 6.10 Å². The standard InChI is InChI=1S/C13H19N3O/c1-3-16-12-7-5-4-6-11(12)15-13(16)8-10(17)9-14-2/h4-7,10,14,17H,3,8-9H2,1-2H3. The van der Waals surface area contributed by atoms with Crippen molar-refractivity contribution < 1.29 is 5.11 Å². The quantitative estimate of drug-likeness (QED) is 0.815. The van der Waals surface area contributed by atoms with E-state index in [4.69, 9.17) is 0 Å². The number of aromatic nitrogens is 2. The average molecular weight is 233 g/mol. The summed E-state index contributed by atoms with van der Waals surface area (Å²) in [4.78, 5) is 4.58. The van der Waals surface area contributed by atoms with Crippen molar-refractivity contribution in [3.63, 3.8) is 0 Å². The molecule has 0 aliphatic rings. The Morgan fingerprint density at radius 1 is 1.41 bits per heavy atom. The van der Waals surface area contributed by atoms with Crippen molar-refractivity contribution >= 4 is 11.0 Å². The Morgan fingerprint density at radius 2 is 2.18 bits per heavy atom. The molecule has 0 saturated carbocycles. The van der Waals surface area contributed by atoms with Gasteiger partial charge in [-0.25, -0.2) is 4.98 Å². The van der Waals surface area contributed by atoms with E-state index in [0.29, 0.717) is 13.0 Å². The molecule has 2 rings (SSSR count). The number of imidazole rings is 1. The highest BCUT2D eigenvalue weighted by atomic mass is 16.3. The third-order valence-corrected chi connectivity index (χ3v) is 2.91. The van der Waals surface area contributed by atoms with Crippen molar-refractivity contribution in [3.05, 3.63) is 30.1 Å². The third-order valence-electron chi connectivity index (χ3n) is 2.91. The van der Waals surface area contributed by atoms with Crippen LogP contribution in [0.25, 0.3) is 11.0 Å². The fourth-order valence-electron chi connectivity index (χ4n) is 2.15. The molecule has 1 aromatic heterocycles. The molecule has 4 nitrogen and oxygen atoms in total. The molecule has 0 amide bonds. The van der Waals surface area contributed by atoms with Gasteiger partial charge in [0, 0.05) is 19.5 Å². The van der Waals surface area contributed by atoms with Crippen LogP contribution in [0.5, 0.6) is 0 Å². The number of nitrogens with one attached hydrogen (secondary N) is 1. The second kappa shape index (κ2) is 5.29. The van der Waals surface area contributed by atoms with Crippen LogP contribution in [-0.4, -0.2) is 34.4 Å². The maximum absolute atomic E-state index is 9.83. The van der Waals surface area contributed by atoms with Gasteiger partial charge >= 0.3 is 0 Å². The topological polar surface area (TPSA) is 50.1 Å². The Balaban J connectivity index is 2.33. The number of rotatable bonds is 5. The van der Waals surface area contributed by atoms with Crippen LogP contribution in [0.1, 0.15) is 12.7 Å². The van der Waals surface area contributed by atoms with E-state index >= 15 is 0 Å². The fraction of sp³-hybridized carbons (Fsp3) is 0.462. The van der Waals surface area contributed by atoms with E-state index in [9.17, 15) is 5.11 Å². The van der Waals surface area contributed by atoms with Crippen molar-refractivity contribution in [2.45, 2.75) is 26.0 Å². The van der Waals surface area contributed by atoms with Crippen molar-refractivity contribution in [3.8, 4) is 0 Å². The number of benzene rings is 1. The molecule has 92 valence electrons. The van der Waals surface area contributed by atoms with Gasteiger partial charge in [0.25, 0.3) is 0 Å². The molecule has 1 heterocycles. The first kappa shape index (κ1) is 12.1. The molecule has 4 heteroatoms. The summed E-state index contributed by atoms with van der Waals surface area (Å²) < 4.78 is 2.16. The first-order valence-electron chi connectivity index (χ1n) is 6.03. The van der Waals surface area contributed by atoms with Crippen molar-refractivity contribution in [2.24, 2.45) is 0 Å². The molecule has 2 N–H and O–H groups in total. The molecule has 1 unspecified atom stereocenters. The number of hydrogen-bond acceptors (Lipinski definition) is 3. The number of aliphatic hydroxyl groups excluding tert-OH is 1. The molecule has 0 aliphatic heterocycles. The van der Waals surface area contributed by atoms with Gasteiger partial charge in [-0.05, 0) is 26.1 Å². The molecule has 0 saturated heterocycles. The SMILES string of the molecule is CCn1c(CC(O)CNC)nc2ccccc21. The Hall–Kier alpha value is -1.39. The zero-order valence-electron chi connectivity index (χ0n) is 10.3. The van der Waals surface area contributed by atoms with Crippen LogP contribution in [0.2, 0.25) is 0 Å². The predicted molar refractivity (Wildman–Crippen MR) is 69.0 cm³/mol. The summed E-state index contributed by atoms with van der Waals surface area (Å²) in [6.07, 6.45) is 0.200. The van der Waals surface area contributed by atoms with E-state index in [2.05, 4.69) is 27.9 Å². The molecular formula is C13H19N3O. The van der Waals surface area contributed by atoms with Gasteiger partial charge in [-0.15, -0.1) is 0 Å². The number of aliphatic hydroxyl groups is 1. The molecule has 0 radical (unpaired) electrons. The summed E-state index contributed by atoms with van der Waals surface area (Å²) in [5, 5.41) is 12.8. The highest BCUT2D eigenvalue weighted by molar-refractivity contribution is 5.75. The second-order valence-corrected chi connectivity index (χ2v) is 4.18. The van der Waals surface area contributed by atoms with E-state index in [1.807, 2.05) is 25.2 Å². The van der Waals surface area contributed by atoms with Gasteiger partial charge < -0.3 is 15.0 Å². The number of nitrogens with zero attached hydrogens (tertiary/aromatic N) is 2. The lowest BCUT2D eigenvalue weighted by atomic mass is 10.2. The van der Waals surface area contributed by atoms with Gasteiger partial charge in [0.1, 0.15) is 5.82 Å². The summed E-state index contributed by atoms with van der Waals surface area (Å²) in [5.41, 5.74) is 2.14. The van der Waals surface area contributed by atoms with Crippen LogP contribution in [0, 0.1) is 0 Å². The van der Waals surface area contributed by atoms with Gasteiger partial charge in [0.15, 0.2) is 0 Å². The monoisotopic (exact) mass is 233 g/mol. The predicted octanol–water partition coefficient (Wildman–Crippen LogP) is 1.18. The van der Waals surface area contributed by atoms with Gasteiger partial charge in [0.2, 0.25) is 0 Å². The first-order valence-corrected chi connectivity index (χ1v) is 6.03. The summed E-state index contributed by atoms with van der Waals surface area (Å²) >= 11 is 0. The largest absolute Gasteiger partial charge is 0.391 e. The lowest BCUT2D eigenvalue weighted by Crippen LogP contribution is -2.26. The third kappa shape index (κ3) is 2.48. The van der Waals surface area contributed by atoms with Gasteiger partial charge in [-0.3, -0.25) is 0 Å². The lowest BCUT2D eigenvalue weighted by molar-refractivity contribution is 0.171. The Bertz CT molecular complexity index is 492. The number of aryl methyl sites for hydroxylation is 1. The number of likely N-dealkylation sites (N-methyl/N-ethyl adjacent to an activating group) is 1. The minimum absolute atomic E-state index is 0.387. The Kier molecular flexibility index (Phi) is 3.76. The molecule has 1 aromatic carbocycles. The van der Waals surface area contributed by atoms with Crippen molar-refractivity contribution in [2.75, 3.05) is 13.6 Å². The molecule has 0 fully saturated rings. The highest BCUT2D eigenvalue weighted by Crippen LogP contribution is 2.16. The molecule has 2 aromatic rings. The van der Waals surface area contributed by atoms with Gasteiger partial charge in [-0.2, -0.15) is 0 Å². The molecule has 1 atom stereocenters. The van der Waals surface area contributed by atoms with Crippen LogP contribution >= 0.6 is 0 Å². The molecule has 0 spiro atoms. The number of fused-ring (bicyclic) bond motifs is 1. The van der Waals surface area contributed by atoms with Crippen LogP contribution in [0.4, 0.5) is 0 Å². The fourth-order valence-corrected chi connectivity index (χ4v) is 2.15. The minimum Gasteiger partial charge on any atom is -0.391 e. The first-order chi connectivity index (χ1) is 8.26. The zero-order chi connectivity index (χ0) is 12.3. The van der Waals surface area contributed by atoms with Gasteiger partial charge in [0.05, 0.1) is 17.1 Å².